The minimum atomic E-state index is -4.57. The van der Waals surface area contributed by atoms with Crippen LogP contribution in [0.3, 0.4) is 0 Å². The van der Waals surface area contributed by atoms with Crippen molar-refractivity contribution in [3.05, 3.63) is 93.8 Å². The average Bonchev–Trinajstić information content (AvgIpc) is 2.90. The number of aromatic carboxylic acids is 1. The van der Waals surface area contributed by atoms with Gasteiger partial charge in [0, 0.05) is 67.5 Å². The number of carbonyl (C=O) groups is 2. The molecule has 1 fully saturated rings. The Morgan fingerprint density at radius 2 is 1.74 bits per heavy atom. The predicted octanol–water partition coefficient (Wildman–Crippen LogP) is 4.51. The van der Waals surface area contributed by atoms with E-state index in [0.717, 1.165) is 24.7 Å². The van der Waals surface area contributed by atoms with Gasteiger partial charge in [0.25, 0.3) is 5.91 Å². The van der Waals surface area contributed by atoms with Crippen molar-refractivity contribution in [2.24, 2.45) is 0 Å². The first-order valence-electron chi connectivity index (χ1n) is 12.2. The van der Waals surface area contributed by atoms with Crippen LogP contribution in [-0.2, 0) is 12.7 Å². The number of benzene rings is 2. The summed E-state index contributed by atoms with van der Waals surface area (Å²) in [6, 6.07) is 10.1. The van der Waals surface area contributed by atoms with Crippen molar-refractivity contribution >= 4 is 17.6 Å². The highest BCUT2D eigenvalue weighted by Crippen LogP contribution is 2.34. The van der Waals surface area contributed by atoms with Crippen LogP contribution >= 0.6 is 0 Å². The number of aryl methyl sites for hydroxylation is 1. The number of halogens is 3. The minimum absolute atomic E-state index is 0.000530. The Morgan fingerprint density at radius 1 is 1.00 bits per heavy atom. The Kier molecular flexibility index (Phi) is 8.33. The van der Waals surface area contributed by atoms with Crippen molar-refractivity contribution in [3.63, 3.8) is 0 Å². The Bertz CT molecular complexity index is 1450. The zero-order chi connectivity index (χ0) is 28.2. The summed E-state index contributed by atoms with van der Waals surface area (Å²) < 4.78 is 41.7. The SMILES string of the molecule is Cc1ccc(C(=O)Nc2ccc(CN3CCN(C)CC3)c(C(F)(F)F)c2)cc1C#Cc1cncc(C(=O)O)c1. The van der Waals surface area contributed by atoms with Crippen LogP contribution in [0.4, 0.5) is 18.9 Å². The highest BCUT2D eigenvalue weighted by Gasteiger charge is 2.34. The average molecular weight is 537 g/mol. The fraction of sp³-hybridized carbons (Fsp3) is 0.276. The fourth-order valence-electron chi connectivity index (χ4n) is 4.17. The Hall–Kier alpha value is -4.20. The summed E-state index contributed by atoms with van der Waals surface area (Å²) in [5, 5.41) is 11.7. The van der Waals surface area contributed by atoms with Crippen molar-refractivity contribution in [1.82, 2.24) is 14.8 Å². The van der Waals surface area contributed by atoms with Gasteiger partial charge in [-0.1, -0.05) is 24.0 Å². The maximum Gasteiger partial charge on any atom is 0.416 e. The van der Waals surface area contributed by atoms with Crippen LogP contribution in [0.2, 0.25) is 0 Å². The van der Waals surface area contributed by atoms with Crippen molar-refractivity contribution < 1.29 is 27.9 Å². The number of likely N-dealkylation sites (N-methyl/N-ethyl adjacent to an activating group) is 1. The Morgan fingerprint density at radius 3 is 2.44 bits per heavy atom. The largest absolute Gasteiger partial charge is 0.478 e. The molecule has 0 unspecified atom stereocenters. The van der Waals surface area contributed by atoms with Crippen LogP contribution in [0, 0.1) is 18.8 Å². The van der Waals surface area contributed by atoms with Crippen LogP contribution < -0.4 is 5.32 Å². The van der Waals surface area contributed by atoms with Gasteiger partial charge in [0.2, 0.25) is 0 Å². The molecule has 7 nitrogen and oxygen atoms in total. The summed E-state index contributed by atoms with van der Waals surface area (Å²) in [6.45, 7) is 4.95. The number of nitrogens with one attached hydrogen (secondary N) is 1. The third kappa shape index (κ3) is 7.22. The van der Waals surface area contributed by atoms with Crippen molar-refractivity contribution in [2.75, 3.05) is 38.5 Å². The van der Waals surface area contributed by atoms with Gasteiger partial charge in [0.1, 0.15) is 0 Å². The maximum atomic E-state index is 13.9. The molecule has 0 atom stereocenters. The first-order valence-corrected chi connectivity index (χ1v) is 12.2. The summed E-state index contributed by atoms with van der Waals surface area (Å²) in [5.41, 5.74) is 1.33. The van der Waals surface area contributed by atoms with E-state index in [4.69, 9.17) is 5.11 Å². The van der Waals surface area contributed by atoms with Crippen LogP contribution in [0.5, 0.6) is 0 Å². The molecule has 39 heavy (non-hydrogen) atoms. The molecular formula is C29H27F3N4O3. The summed E-state index contributed by atoms with van der Waals surface area (Å²) in [6.07, 6.45) is -1.92. The number of anilines is 1. The van der Waals surface area contributed by atoms with Gasteiger partial charge in [0.05, 0.1) is 11.1 Å². The lowest BCUT2D eigenvalue weighted by Crippen LogP contribution is -2.44. The monoisotopic (exact) mass is 536 g/mol. The molecule has 202 valence electrons. The molecule has 1 aromatic heterocycles. The quantitative estimate of drug-likeness (QED) is 0.467. The summed E-state index contributed by atoms with van der Waals surface area (Å²) >= 11 is 0. The number of aromatic nitrogens is 1. The number of hydrogen-bond acceptors (Lipinski definition) is 5. The van der Waals surface area contributed by atoms with Crippen molar-refractivity contribution in [2.45, 2.75) is 19.6 Å². The number of nitrogens with zero attached hydrogens (tertiary/aromatic N) is 3. The molecule has 2 N–H and O–H groups in total. The molecule has 1 amide bonds. The van der Waals surface area contributed by atoms with Crippen molar-refractivity contribution in [3.8, 4) is 11.8 Å². The molecule has 2 heterocycles. The topological polar surface area (TPSA) is 85.8 Å². The van der Waals surface area contributed by atoms with Gasteiger partial charge in [-0.15, -0.1) is 0 Å². The van der Waals surface area contributed by atoms with Gasteiger partial charge >= 0.3 is 12.1 Å². The maximum absolute atomic E-state index is 13.9. The van der Waals surface area contributed by atoms with Gasteiger partial charge < -0.3 is 15.3 Å². The number of carboxylic acids is 1. The molecule has 2 aromatic carbocycles. The number of pyridine rings is 1. The van der Waals surface area contributed by atoms with E-state index in [9.17, 15) is 22.8 Å². The third-order valence-corrected chi connectivity index (χ3v) is 6.49. The lowest BCUT2D eigenvalue weighted by molar-refractivity contribution is -0.138. The molecule has 0 bridgehead atoms. The number of carbonyl (C=O) groups excluding carboxylic acids is 1. The lowest BCUT2D eigenvalue weighted by Gasteiger charge is -2.33. The Labute approximate surface area is 224 Å². The smallest absolute Gasteiger partial charge is 0.416 e. The van der Waals surface area contributed by atoms with Gasteiger partial charge in [-0.25, -0.2) is 4.79 Å². The first-order chi connectivity index (χ1) is 18.5. The molecule has 3 aromatic rings. The highest BCUT2D eigenvalue weighted by molar-refractivity contribution is 6.04. The molecule has 0 radical (unpaired) electrons. The summed E-state index contributed by atoms with van der Waals surface area (Å²) in [5.74, 6) is 4.05. The zero-order valence-corrected chi connectivity index (χ0v) is 21.5. The van der Waals surface area contributed by atoms with Crippen molar-refractivity contribution in [1.29, 1.82) is 0 Å². The third-order valence-electron chi connectivity index (χ3n) is 6.49. The van der Waals surface area contributed by atoms with Gasteiger partial charge in [0.15, 0.2) is 0 Å². The van der Waals surface area contributed by atoms with Gasteiger partial charge in [-0.3, -0.25) is 14.7 Å². The zero-order valence-electron chi connectivity index (χ0n) is 21.5. The normalized spacial score (nSPS) is 14.4. The van der Waals surface area contributed by atoms with Crippen LogP contribution in [0.15, 0.2) is 54.9 Å². The first kappa shape index (κ1) is 27.8. The van der Waals surface area contributed by atoms with Gasteiger partial charge in [-0.2, -0.15) is 13.2 Å². The second kappa shape index (κ2) is 11.7. The molecule has 1 aliphatic rings. The molecular weight excluding hydrogens is 509 g/mol. The molecule has 0 aliphatic carbocycles. The van der Waals surface area contributed by atoms with Crippen LogP contribution in [0.25, 0.3) is 0 Å². The number of carboxylic acid groups (broad SMARTS) is 1. The standard InChI is InChI=1S/C29H27F3N4O3/c1-19-3-5-22(14-21(19)6-4-20-13-24(28(38)39)17-33-16-20)27(37)34-25-8-7-23(26(15-25)29(30,31)32)18-36-11-9-35(2)10-12-36/h3,5,7-8,13-17H,9-12,18H2,1-2H3,(H,34,37)(H,38,39). The number of piperazine rings is 1. The number of amides is 1. The van der Waals surface area contributed by atoms with Crippen LogP contribution in [0.1, 0.15) is 48.5 Å². The summed E-state index contributed by atoms with van der Waals surface area (Å²) in [7, 11) is 1.98. The Balaban J connectivity index is 1.53. The number of hydrogen-bond donors (Lipinski definition) is 2. The van der Waals surface area contributed by atoms with Crippen LogP contribution in [-0.4, -0.2) is 65.0 Å². The van der Waals surface area contributed by atoms with E-state index in [2.05, 4.69) is 27.0 Å². The van der Waals surface area contributed by atoms with Gasteiger partial charge in [-0.05, 0) is 55.4 Å². The lowest BCUT2D eigenvalue weighted by atomic mass is 10.0. The van der Waals surface area contributed by atoms with E-state index in [-0.39, 0.29) is 28.9 Å². The minimum Gasteiger partial charge on any atom is -0.478 e. The molecule has 1 aliphatic heterocycles. The fourth-order valence-corrected chi connectivity index (χ4v) is 4.17. The van der Waals surface area contributed by atoms with E-state index in [1.165, 1.54) is 30.6 Å². The van der Waals surface area contributed by atoms with E-state index in [1.54, 1.807) is 25.1 Å². The molecule has 1 saturated heterocycles. The highest BCUT2D eigenvalue weighted by atomic mass is 19.4. The van der Waals surface area contributed by atoms with E-state index >= 15 is 0 Å². The summed E-state index contributed by atoms with van der Waals surface area (Å²) in [4.78, 5) is 32.1. The number of rotatable bonds is 5. The predicted molar refractivity (Wildman–Crippen MR) is 141 cm³/mol. The second-order valence-corrected chi connectivity index (χ2v) is 9.45. The number of alkyl halides is 3. The van der Waals surface area contributed by atoms with E-state index in [0.29, 0.717) is 24.2 Å². The molecule has 0 saturated carbocycles. The molecule has 4 rings (SSSR count). The molecule has 10 heteroatoms. The molecule has 0 spiro atoms. The van der Waals surface area contributed by atoms with E-state index in [1.807, 2.05) is 11.9 Å². The second-order valence-electron chi connectivity index (χ2n) is 9.45. The van der Waals surface area contributed by atoms with E-state index < -0.39 is 23.6 Å².